The normalized spacial score (nSPS) is 13.0. The Morgan fingerprint density at radius 1 is 1.70 bits per heavy atom. The molecule has 0 N–H and O–H groups in total. The number of hydrogen-bond donors (Lipinski definition) is 0. The average Bonchev–Trinajstić information content (AvgIpc) is 1.98. The molecule has 0 spiro atoms. The van der Waals surface area contributed by atoms with Crippen molar-refractivity contribution in [2.75, 3.05) is 13.2 Å². The molecule has 0 amide bonds. The highest BCUT2D eigenvalue weighted by Gasteiger charge is 1.99. The third-order valence-electron chi connectivity index (χ3n) is 1.07. The molecule has 2 nitrogen and oxygen atoms in total. The van der Waals surface area contributed by atoms with Crippen LogP contribution in [-0.4, -0.2) is 24.9 Å². The van der Waals surface area contributed by atoms with Crippen molar-refractivity contribution in [3.8, 4) is 0 Å². The van der Waals surface area contributed by atoms with Crippen molar-refractivity contribution < 1.29 is 9.53 Å². The molecule has 0 aromatic rings. The van der Waals surface area contributed by atoms with Gasteiger partial charge in [-0.3, -0.25) is 0 Å². The van der Waals surface area contributed by atoms with E-state index in [0.29, 0.717) is 19.5 Å². The molecule has 60 valence electrons. The van der Waals surface area contributed by atoms with Crippen molar-refractivity contribution in [1.29, 1.82) is 0 Å². The van der Waals surface area contributed by atoms with Gasteiger partial charge in [-0.2, -0.15) is 0 Å². The number of aldehydes is 1. The van der Waals surface area contributed by atoms with Crippen molar-refractivity contribution in [2.45, 2.75) is 25.1 Å². The van der Waals surface area contributed by atoms with Crippen LogP contribution >= 0.6 is 11.6 Å². The van der Waals surface area contributed by atoms with Crippen molar-refractivity contribution in [2.24, 2.45) is 0 Å². The van der Waals surface area contributed by atoms with Crippen LogP contribution in [0.25, 0.3) is 0 Å². The Morgan fingerprint density at radius 3 is 2.90 bits per heavy atom. The fourth-order valence-corrected chi connectivity index (χ4v) is 0.571. The van der Waals surface area contributed by atoms with Crippen LogP contribution in [0.3, 0.4) is 0 Å². The van der Waals surface area contributed by atoms with Crippen LogP contribution in [0.15, 0.2) is 0 Å². The van der Waals surface area contributed by atoms with Crippen LogP contribution in [0.4, 0.5) is 0 Å². The summed E-state index contributed by atoms with van der Waals surface area (Å²) in [5, 5.41) is -0.475. The maximum absolute atomic E-state index is 9.96. The van der Waals surface area contributed by atoms with Crippen molar-refractivity contribution in [3.05, 3.63) is 0 Å². The number of unbranched alkanes of at least 4 members (excludes halogenated alkanes) is 1. The Labute approximate surface area is 66.5 Å². The van der Waals surface area contributed by atoms with Gasteiger partial charge in [0, 0.05) is 6.61 Å². The number of carbonyl (C=O) groups excluding carboxylic acids is 1. The Morgan fingerprint density at radius 2 is 2.40 bits per heavy atom. The summed E-state index contributed by atoms with van der Waals surface area (Å²) in [6.45, 7) is 3.12. The Bertz CT molecular complexity index is 85.7. The van der Waals surface area contributed by atoms with E-state index in [1.54, 1.807) is 0 Å². The molecule has 0 bridgehead atoms. The molecule has 0 rings (SSSR count). The third-order valence-corrected chi connectivity index (χ3v) is 1.30. The van der Waals surface area contributed by atoms with E-state index >= 15 is 0 Å². The smallest absolute Gasteiger partial charge is 0.140 e. The zero-order chi connectivity index (χ0) is 7.82. The molecule has 0 aromatic carbocycles. The second-order valence-electron chi connectivity index (χ2n) is 2.08. The topological polar surface area (TPSA) is 26.3 Å². The molecule has 0 aliphatic carbocycles. The number of halogens is 1. The van der Waals surface area contributed by atoms with Gasteiger partial charge in [-0.25, -0.2) is 0 Å². The minimum absolute atomic E-state index is 0.338. The maximum atomic E-state index is 9.96. The molecule has 0 saturated carbocycles. The zero-order valence-electron chi connectivity index (χ0n) is 6.18. The molecule has 0 aliphatic heterocycles. The van der Waals surface area contributed by atoms with Crippen molar-refractivity contribution >= 4 is 17.9 Å². The lowest BCUT2D eigenvalue weighted by atomic mass is 10.4. The number of ether oxygens (including phenoxy) is 1. The predicted octanol–water partition coefficient (Wildman–Crippen LogP) is 1.61. The monoisotopic (exact) mass is 164 g/mol. The van der Waals surface area contributed by atoms with Crippen LogP contribution in [-0.2, 0) is 9.53 Å². The Balaban J connectivity index is 2.95. The molecule has 0 aliphatic rings. The first-order chi connectivity index (χ1) is 4.81. The van der Waals surface area contributed by atoms with Gasteiger partial charge in [0.1, 0.15) is 11.7 Å². The first kappa shape index (κ1) is 9.92. The molecule has 1 unspecified atom stereocenters. The van der Waals surface area contributed by atoms with E-state index in [0.717, 1.165) is 12.8 Å². The lowest BCUT2D eigenvalue weighted by molar-refractivity contribution is -0.108. The molecule has 1 atom stereocenters. The van der Waals surface area contributed by atoms with E-state index in [2.05, 4.69) is 6.92 Å². The van der Waals surface area contributed by atoms with E-state index < -0.39 is 5.38 Å². The van der Waals surface area contributed by atoms with E-state index in [1.807, 2.05) is 0 Å². The van der Waals surface area contributed by atoms with Crippen LogP contribution < -0.4 is 0 Å². The summed E-state index contributed by atoms with van der Waals surface area (Å²) in [7, 11) is 0. The molecule has 0 heterocycles. The van der Waals surface area contributed by atoms with Gasteiger partial charge in [0.05, 0.1) is 6.61 Å². The second-order valence-corrected chi connectivity index (χ2v) is 2.64. The van der Waals surface area contributed by atoms with Gasteiger partial charge >= 0.3 is 0 Å². The first-order valence-corrected chi connectivity index (χ1v) is 3.92. The van der Waals surface area contributed by atoms with Gasteiger partial charge in [0.15, 0.2) is 0 Å². The van der Waals surface area contributed by atoms with E-state index in [1.165, 1.54) is 0 Å². The molecular formula is C7H13ClO2. The molecule has 0 saturated heterocycles. The van der Waals surface area contributed by atoms with E-state index in [9.17, 15) is 4.79 Å². The van der Waals surface area contributed by atoms with Crippen molar-refractivity contribution in [1.82, 2.24) is 0 Å². The Hall–Kier alpha value is -0.0800. The van der Waals surface area contributed by atoms with Gasteiger partial charge < -0.3 is 9.53 Å². The number of hydrogen-bond acceptors (Lipinski definition) is 2. The van der Waals surface area contributed by atoms with Crippen LogP contribution in [0.5, 0.6) is 0 Å². The summed E-state index contributed by atoms with van der Waals surface area (Å²) in [6, 6.07) is 0. The molecule has 0 fully saturated rings. The summed E-state index contributed by atoms with van der Waals surface area (Å²) >= 11 is 5.45. The van der Waals surface area contributed by atoms with Crippen LogP contribution in [0.2, 0.25) is 0 Å². The molecule has 3 heteroatoms. The minimum atomic E-state index is -0.475. The lowest BCUT2D eigenvalue weighted by Gasteiger charge is -2.02. The van der Waals surface area contributed by atoms with Gasteiger partial charge in [-0.15, -0.1) is 11.6 Å². The molecule has 10 heavy (non-hydrogen) atoms. The molecule has 0 radical (unpaired) electrons. The highest BCUT2D eigenvalue weighted by molar-refractivity contribution is 6.27. The van der Waals surface area contributed by atoms with Gasteiger partial charge in [-0.1, -0.05) is 13.3 Å². The van der Waals surface area contributed by atoms with Crippen molar-refractivity contribution in [3.63, 3.8) is 0 Å². The average molecular weight is 165 g/mol. The van der Waals surface area contributed by atoms with E-state index in [-0.39, 0.29) is 0 Å². The number of alkyl halides is 1. The SMILES string of the molecule is CCCCOCC(Cl)C=O. The lowest BCUT2D eigenvalue weighted by Crippen LogP contribution is -2.10. The quantitative estimate of drug-likeness (QED) is 0.339. The highest BCUT2D eigenvalue weighted by Crippen LogP contribution is 1.94. The van der Waals surface area contributed by atoms with Crippen LogP contribution in [0.1, 0.15) is 19.8 Å². The van der Waals surface area contributed by atoms with Gasteiger partial charge in [-0.05, 0) is 6.42 Å². The third kappa shape index (κ3) is 6.05. The molecular weight excluding hydrogens is 152 g/mol. The molecule has 0 aromatic heterocycles. The summed E-state index contributed by atoms with van der Waals surface area (Å²) < 4.78 is 5.06. The number of carbonyl (C=O) groups is 1. The number of rotatable bonds is 6. The van der Waals surface area contributed by atoms with E-state index in [4.69, 9.17) is 16.3 Å². The highest BCUT2D eigenvalue weighted by atomic mass is 35.5. The summed E-state index contributed by atoms with van der Waals surface area (Å²) in [5.41, 5.74) is 0. The summed E-state index contributed by atoms with van der Waals surface area (Å²) in [5.74, 6) is 0. The zero-order valence-corrected chi connectivity index (χ0v) is 6.93. The predicted molar refractivity (Wildman–Crippen MR) is 41.4 cm³/mol. The fraction of sp³-hybridized carbons (Fsp3) is 0.857. The second kappa shape index (κ2) is 7.03. The largest absolute Gasteiger partial charge is 0.379 e. The maximum Gasteiger partial charge on any atom is 0.140 e. The Kier molecular flexibility index (Phi) is 6.98. The summed E-state index contributed by atoms with van der Waals surface area (Å²) in [6.07, 6.45) is 2.82. The minimum Gasteiger partial charge on any atom is -0.379 e. The summed E-state index contributed by atoms with van der Waals surface area (Å²) in [4.78, 5) is 9.96. The first-order valence-electron chi connectivity index (χ1n) is 3.48. The fourth-order valence-electron chi connectivity index (χ4n) is 0.482. The van der Waals surface area contributed by atoms with Gasteiger partial charge in [0.2, 0.25) is 0 Å². The van der Waals surface area contributed by atoms with Crippen LogP contribution in [0, 0.1) is 0 Å². The van der Waals surface area contributed by atoms with Gasteiger partial charge in [0.25, 0.3) is 0 Å². The standard InChI is InChI=1S/C7H13ClO2/c1-2-3-4-10-6-7(8)5-9/h5,7H,2-4,6H2,1H3.